The third-order valence-corrected chi connectivity index (χ3v) is 3.81. The molecule has 0 atom stereocenters. The van der Waals surface area contributed by atoms with Crippen molar-refractivity contribution in [1.82, 2.24) is 0 Å². The predicted molar refractivity (Wildman–Crippen MR) is 43.7 cm³/mol. The number of rotatable bonds is 2. The van der Waals surface area contributed by atoms with Crippen molar-refractivity contribution in [3.8, 4) is 0 Å². The lowest BCUT2D eigenvalue weighted by molar-refractivity contribution is -0.595. The summed E-state index contributed by atoms with van der Waals surface area (Å²) in [5, 5.41) is 0. The molecule has 108 valence electrons. The van der Waals surface area contributed by atoms with Crippen LogP contribution in [0.5, 0.6) is 0 Å². The Morgan fingerprint density at radius 1 is 0.684 bits per heavy atom. The first kappa shape index (κ1) is 13.9. The van der Waals surface area contributed by atoms with E-state index in [-0.39, 0.29) is 0 Å². The summed E-state index contributed by atoms with van der Waals surface area (Å²) in [6.07, 6.45) is 0. The second-order valence-electron chi connectivity index (χ2n) is 4.21. The molecule has 0 aromatic rings. The normalized spacial score (nSPS) is 39.6. The zero-order chi connectivity index (χ0) is 15.1. The average Bonchev–Trinajstić information content (AvgIpc) is 2.26. The molecule has 0 aromatic carbocycles. The van der Waals surface area contributed by atoms with Crippen LogP contribution in [0.1, 0.15) is 0 Å². The van der Waals surface area contributed by atoms with Gasteiger partial charge in [0.15, 0.2) is 0 Å². The third kappa shape index (κ3) is 0.742. The van der Waals surface area contributed by atoms with Gasteiger partial charge in [-0.15, -0.1) is 0 Å². The van der Waals surface area contributed by atoms with Crippen LogP contribution in [0.4, 0.5) is 26.3 Å². The summed E-state index contributed by atoms with van der Waals surface area (Å²) in [5.41, 5.74) is -9.31. The largest absolute Gasteiger partial charge is 0.468 e. The Morgan fingerprint density at radius 3 is 1.05 bits per heavy atom. The van der Waals surface area contributed by atoms with Crippen molar-refractivity contribution in [1.29, 1.82) is 0 Å². The van der Waals surface area contributed by atoms with Gasteiger partial charge >= 0.3 is 29.7 Å². The van der Waals surface area contributed by atoms with E-state index in [0.717, 1.165) is 0 Å². The van der Waals surface area contributed by atoms with E-state index in [1.54, 1.807) is 0 Å². The Balaban J connectivity index is 2.70. The highest BCUT2D eigenvalue weighted by Gasteiger charge is 3.24. The van der Waals surface area contributed by atoms with Crippen LogP contribution in [0.2, 0.25) is 0 Å². The second kappa shape index (κ2) is 2.98. The van der Waals surface area contributed by atoms with Crippen LogP contribution in [-0.4, -0.2) is 43.9 Å². The summed E-state index contributed by atoms with van der Waals surface area (Å²) in [6, 6.07) is 0. The van der Waals surface area contributed by atoms with Gasteiger partial charge in [-0.25, -0.2) is 26.3 Å². The molecule has 4 nitrogen and oxygen atoms in total. The first-order valence-corrected chi connectivity index (χ1v) is 4.77. The average molecular weight is 292 g/mol. The van der Waals surface area contributed by atoms with Gasteiger partial charge in [-0.05, 0) is 0 Å². The van der Waals surface area contributed by atoms with Crippen molar-refractivity contribution in [3.63, 3.8) is 0 Å². The van der Waals surface area contributed by atoms with E-state index in [1.165, 1.54) is 0 Å². The standard InChI is InChI=1S/C9H6F6O4/c1-18-3(16)5-7(10,11)6(4(17)19-2,8(5,12)13)9(5,14)15/h1-2H3. The van der Waals surface area contributed by atoms with Crippen LogP contribution in [-0.2, 0) is 19.1 Å². The number of alkyl halides is 6. The molecular weight excluding hydrogens is 286 g/mol. The Hall–Kier alpha value is -1.48. The van der Waals surface area contributed by atoms with Crippen molar-refractivity contribution < 1.29 is 45.4 Å². The van der Waals surface area contributed by atoms with E-state index in [4.69, 9.17) is 0 Å². The molecule has 0 spiro atoms. The maximum atomic E-state index is 13.6. The van der Waals surface area contributed by atoms with E-state index < -0.39 is 40.5 Å². The van der Waals surface area contributed by atoms with Gasteiger partial charge in [0.25, 0.3) is 10.8 Å². The smallest absolute Gasteiger partial charge is 0.330 e. The lowest BCUT2D eigenvalue weighted by Gasteiger charge is -2.77. The minimum absolute atomic E-state index is 0.412. The molecule has 3 rings (SSSR count). The maximum Gasteiger partial charge on any atom is 0.330 e. The Labute approximate surface area is 101 Å². The highest BCUT2D eigenvalue weighted by atomic mass is 19.3. The Kier molecular flexibility index (Phi) is 2.19. The second-order valence-corrected chi connectivity index (χ2v) is 4.21. The fourth-order valence-electron chi connectivity index (χ4n) is 2.91. The first-order chi connectivity index (χ1) is 8.46. The highest BCUT2D eigenvalue weighted by Crippen LogP contribution is 2.94. The molecule has 3 aliphatic rings. The van der Waals surface area contributed by atoms with E-state index in [0.29, 0.717) is 14.2 Å². The zero-order valence-electron chi connectivity index (χ0n) is 9.40. The van der Waals surface area contributed by atoms with Crippen LogP contribution in [0.25, 0.3) is 0 Å². The minimum atomic E-state index is -4.97. The Morgan fingerprint density at radius 2 is 0.895 bits per heavy atom. The number of carbonyl (C=O) groups is 2. The van der Waals surface area contributed by atoms with Crippen molar-refractivity contribution in [2.24, 2.45) is 10.8 Å². The summed E-state index contributed by atoms with van der Waals surface area (Å²) in [4.78, 5) is 22.1. The van der Waals surface area contributed by atoms with Gasteiger partial charge in [-0.2, -0.15) is 0 Å². The summed E-state index contributed by atoms with van der Waals surface area (Å²) in [6.45, 7) is 0. The predicted octanol–water partition coefficient (Wildman–Crippen LogP) is 1.24. The fourth-order valence-corrected chi connectivity index (χ4v) is 2.91. The summed E-state index contributed by atoms with van der Waals surface area (Å²) >= 11 is 0. The van der Waals surface area contributed by atoms with E-state index >= 15 is 0 Å². The molecule has 0 aromatic heterocycles. The van der Waals surface area contributed by atoms with Gasteiger partial charge < -0.3 is 9.47 Å². The van der Waals surface area contributed by atoms with E-state index in [1.807, 2.05) is 0 Å². The van der Waals surface area contributed by atoms with Gasteiger partial charge in [-0.3, -0.25) is 9.59 Å². The molecule has 0 amide bonds. The van der Waals surface area contributed by atoms with Crippen LogP contribution in [0, 0.1) is 10.8 Å². The summed E-state index contributed by atoms with van der Waals surface area (Å²) in [5.74, 6) is -19.8. The number of esters is 2. The van der Waals surface area contributed by atoms with Crippen LogP contribution in [0.3, 0.4) is 0 Å². The number of methoxy groups -OCH3 is 2. The van der Waals surface area contributed by atoms with Gasteiger partial charge in [0.05, 0.1) is 14.2 Å². The van der Waals surface area contributed by atoms with Gasteiger partial charge in [0.1, 0.15) is 0 Å². The van der Waals surface area contributed by atoms with E-state index in [2.05, 4.69) is 9.47 Å². The van der Waals surface area contributed by atoms with Crippen LogP contribution < -0.4 is 0 Å². The van der Waals surface area contributed by atoms with Crippen LogP contribution >= 0.6 is 0 Å². The minimum Gasteiger partial charge on any atom is -0.468 e. The molecule has 3 saturated carbocycles. The van der Waals surface area contributed by atoms with Crippen molar-refractivity contribution in [2.45, 2.75) is 17.8 Å². The lowest BCUT2D eigenvalue weighted by Crippen LogP contribution is -3.07. The number of hydrogen-bond donors (Lipinski definition) is 0. The maximum absolute atomic E-state index is 13.6. The summed E-state index contributed by atoms with van der Waals surface area (Å²) in [7, 11) is 0.825. The number of hydrogen-bond acceptors (Lipinski definition) is 4. The molecule has 0 heterocycles. The zero-order valence-corrected chi connectivity index (χ0v) is 9.40. The molecule has 2 bridgehead atoms. The molecule has 0 aliphatic heterocycles. The van der Waals surface area contributed by atoms with Crippen LogP contribution in [0.15, 0.2) is 0 Å². The molecule has 19 heavy (non-hydrogen) atoms. The number of ether oxygens (including phenoxy) is 2. The van der Waals surface area contributed by atoms with Gasteiger partial charge in [0.2, 0.25) is 0 Å². The molecular formula is C9H6F6O4. The van der Waals surface area contributed by atoms with Gasteiger partial charge in [-0.1, -0.05) is 0 Å². The topological polar surface area (TPSA) is 52.6 Å². The molecule has 3 aliphatic carbocycles. The highest BCUT2D eigenvalue weighted by molar-refractivity contribution is 6.00. The summed E-state index contributed by atoms with van der Waals surface area (Å²) < 4.78 is 88.8. The van der Waals surface area contributed by atoms with Crippen molar-refractivity contribution in [3.05, 3.63) is 0 Å². The van der Waals surface area contributed by atoms with Crippen molar-refractivity contribution in [2.75, 3.05) is 14.2 Å². The van der Waals surface area contributed by atoms with Gasteiger partial charge in [0, 0.05) is 0 Å². The van der Waals surface area contributed by atoms with Crippen molar-refractivity contribution >= 4 is 11.9 Å². The molecule has 0 N–H and O–H groups in total. The molecule has 0 radical (unpaired) electrons. The molecule has 10 heteroatoms. The molecule has 0 saturated heterocycles. The fraction of sp³-hybridized carbons (Fsp3) is 0.778. The SMILES string of the molecule is COC(=O)C12C(F)(F)C(C(=O)OC)(C1(F)F)C2(F)F. The Bertz CT molecular complexity index is 404. The third-order valence-electron chi connectivity index (χ3n) is 3.81. The number of halogens is 6. The lowest BCUT2D eigenvalue weighted by atomic mass is 9.26. The monoisotopic (exact) mass is 292 g/mol. The van der Waals surface area contributed by atoms with E-state index in [9.17, 15) is 35.9 Å². The quantitative estimate of drug-likeness (QED) is 0.567. The molecule has 0 unspecified atom stereocenters. The number of carbonyl (C=O) groups excluding carboxylic acids is 2. The first-order valence-electron chi connectivity index (χ1n) is 4.77. The molecule has 3 fully saturated rings.